The Morgan fingerprint density at radius 1 is 1.24 bits per heavy atom. The fourth-order valence-corrected chi connectivity index (χ4v) is 4.33. The van der Waals surface area contributed by atoms with Crippen molar-refractivity contribution in [1.29, 1.82) is 0 Å². The third-order valence-corrected chi connectivity index (χ3v) is 6.01. The molecule has 2 aromatic carbocycles. The second-order valence-corrected chi connectivity index (χ2v) is 9.61. The maximum atomic E-state index is 13.4. The van der Waals surface area contributed by atoms with E-state index in [2.05, 4.69) is 11.9 Å². The summed E-state index contributed by atoms with van der Waals surface area (Å²) < 4.78 is 33.3. The second-order valence-electron chi connectivity index (χ2n) is 7.34. The molecule has 8 heteroatoms. The molecule has 0 radical (unpaired) electrons. The van der Waals surface area contributed by atoms with Crippen LogP contribution < -0.4 is 14.4 Å². The molecule has 2 rings (SSSR count). The highest BCUT2D eigenvalue weighted by atomic mass is 35.5. The minimum absolute atomic E-state index is 0.0227. The number of hydrogen-bond acceptors (Lipinski definition) is 4. The van der Waals surface area contributed by atoms with Crippen molar-refractivity contribution in [2.45, 2.75) is 31.2 Å². The van der Waals surface area contributed by atoms with Crippen molar-refractivity contribution >= 4 is 33.2 Å². The standard InChI is InChI=1S/C21H25ClN2O4S/c1-6-13-24(18-9-7-8-10-19(18)28-5)29(26,27)15-11-12-17(22)16(14-15)20(25)23-21(2,3)4/h6-12,14H,1,13H2,2-5H3,(H,23,25). The predicted molar refractivity (Wildman–Crippen MR) is 116 cm³/mol. The molecule has 29 heavy (non-hydrogen) atoms. The largest absolute Gasteiger partial charge is 0.495 e. The van der Waals surface area contributed by atoms with Gasteiger partial charge in [-0.15, -0.1) is 6.58 Å². The van der Waals surface area contributed by atoms with E-state index in [0.29, 0.717) is 11.4 Å². The minimum Gasteiger partial charge on any atom is -0.495 e. The van der Waals surface area contributed by atoms with Crippen LogP contribution in [-0.4, -0.2) is 33.5 Å². The van der Waals surface area contributed by atoms with Crippen LogP contribution in [0.25, 0.3) is 0 Å². The highest BCUT2D eigenvalue weighted by molar-refractivity contribution is 7.92. The summed E-state index contributed by atoms with van der Waals surface area (Å²) in [6, 6.07) is 10.8. The van der Waals surface area contributed by atoms with Crippen molar-refractivity contribution in [2.24, 2.45) is 0 Å². The van der Waals surface area contributed by atoms with E-state index in [1.165, 1.54) is 35.7 Å². The maximum absolute atomic E-state index is 13.4. The van der Waals surface area contributed by atoms with Crippen molar-refractivity contribution in [3.63, 3.8) is 0 Å². The lowest BCUT2D eigenvalue weighted by molar-refractivity contribution is 0.0919. The summed E-state index contributed by atoms with van der Waals surface area (Å²) in [5, 5.41) is 2.96. The van der Waals surface area contributed by atoms with Gasteiger partial charge >= 0.3 is 0 Å². The summed E-state index contributed by atoms with van der Waals surface area (Å²) >= 11 is 6.17. The van der Waals surface area contributed by atoms with E-state index in [-0.39, 0.29) is 22.0 Å². The Hall–Kier alpha value is -2.51. The quantitative estimate of drug-likeness (QED) is 0.658. The zero-order valence-electron chi connectivity index (χ0n) is 16.9. The molecule has 0 spiro atoms. The van der Waals surface area contributed by atoms with Gasteiger partial charge in [-0.05, 0) is 51.1 Å². The molecule has 0 aromatic heterocycles. The van der Waals surface area contributed by atoms with Gasteiger partial charge in [0.05, 0.1) is 34.8 Å². The number of sulfonamides is 1. The number of benzene rings is 2. The third-order valence-electron chi connectivity index (χ3n) is 3.91. The van der Waals surface area contributed by atoms with E-state index in [1.54, 1.807) is 24.3 Å². The molecule has 156 valence electrons. The third kappa shape index (κ3) is 5.31. The average molecular weight is 437 g/mol. The molecule has 0 unspecified atom stereocenters. The summed E-state index contributed by atoms with van der Waals surface area (Å²) in [5.74, 6) is -0.0512. The van der Waals surface area contributed by atoms with Crippen LogP contribution in [0, 0.1) is 0 Å². The van der Waals surface area contributed by atoms with Gasteiger partial charge in [-0.3, -0.25) is 9.10 Å². The van der Waals surface area contributed by atoms with Crippen molar-refractivity contribution in [1.82, 2.24) is 5.32 Å². The molecule has 0 aliphatic carbocycles. The van der Waals surface area contributed by atoms with Gasteiger partial charge in [-0.25, -0.2) is 8.42 Å². The summed E-state index contributed by atoms with van der Waals surface area (Å²) in [6.07, 6.45) is 1.48. The van der Waals surface area contributed by atoms with E-state index in [4.69, 9.17) is 16.3 Å². The lowest BCUT2D eigenvalue weighted by Gasteiger charge is -2.25. The molecular weight excluding hydrogens is 412 g/mol. The Balaban J connectivity index is 2.57. The lowest BCUT2D eigenvalue weighted by atomic mass is 10.1. The van der Waals surface area contributed by atoms with E-state index in [9.17, 15) is 13.2 Å². The molecule has 0 saturated heterocycles. The summed E-state index contributed by atoms with van der Waals surface area (Å²) in [7, 11) is -2.55. The van der Waals surface area contributed by atoms with Crippen LogP contribution in [-0.2, 0) is 10.0 Å². The van der Waals surface area contributed by atoms with Crippen LogP contribution >= 0.6 is 11.6 Å². The number of amides is 1. The summed E-state index contributed by atoms with van der Waals surface area (Å²) in [5.41, 5.74) is -0.0477. The van der Waals surface area contributed by atoms with Crippen molar-refractivity contribution in [3.8, 4) is 5.75 Å². The molecule has 2 aromatic rings. The second kappa shape index (κ2) is 8.88. The van der Waals surface area contributed by atoms with E-state index < -0.39 is 21.5 Å². The smallest absolute Gasteiger partial charge is 0.264 e. The molecule has 0 fully saturated rings. The summed E-state index contributed by atoms with van der Waals surface area (Å²) in [4.78, 5) is 12.5. The Labute approximate surface area is 177 Å². The first-order valence-corrected chi connectivity index (χ1v) is 10.7. The van der Waals surface area contributed by atoms with Crippen LogP contribution in [0.1, 0.15) is 31.1 Å². The van der Waals surface area contributed by atoms with Gasteiger partial charge in [0.2, 0.25) is 0 Å². The fraction of sp³-hybridized carbons (Fsp3) is 0.286. The first kappa shape index (κ1) is 22.8. The number of nitrogens with one attached hydrogen (secondary N) is 1. The number of anilines is 1. The van der Waals surface area contributed by atoms with Gasteiger partial charge in [0.25, 0.3) is 15.9 Å². The molecule has 0 atom stereocenters. The number of carbonyl (C=O) groups excluding carboxylic acids is 1. The number of methoxy groups -OCH3 is 1. The van der Waals surface area contributed by atoms with E-state index >= 15 is 0 Å². The maximum Gasteiger partial charge on any atom is 0.264 e. The molecule has 0 saturated carbocycles. The van der Waals surface area contributed by atoms with E-state index in [0.717, 1.165) is 0 Å². The van der Waals surface area contributed by atoms with Gasteiger partial charge in [-0.2, -0.15) is 0 Å². The van der Waals surface area contributed by atoms with Crippen LogP contribution in [0.3, 0.4) is 0 Å². The average Bonchev–Trinajstić information content (AvgIpc) is 2.64. The first-order valence-electron chi connectivity index (χ1n) is 8.90. The van der Waals surface area contributed by atoms with E-state index in [1.807, 2.05) is 20.8 Å². The summed E-state index contributed by atoms with van der Waals surface area (Å²) in [6.45, 7) is 9.16. The van der Waals surface area contributed by atoms with Crippen molar-refractivity contribution < 1.29 is 17.9 Å². The number of rotatable bonds is 7. The number of halogens is 1. The zero-order valence-corrected chi connectivity index (χ0v) is 18.5. The van der Waals surface area contributed by atoms with Crippen LogP contribution in [0.4, 0.5) is 5.69 Å². The molecule has 1 N–H and O–H groups in total. The molecule has 0 aliphatic heterocycles. The zero-order chi connectivity index (χ0) is 21.8. The first-order chi connectivity index (χ1) is 13.5. The lowest BCUT2D eigenvalue weighted by Crippen LogP contribution is -2.40. The van der Waals surface area contributed by atoms with Gasteiger partial charge in [0.1, 0.15) is 5.75 Å². The van der Waals surface area contributed by atoms with Crippen LogP contribution in [0.2, 0.25) is 5.02 Å². The number of carbonyl (C=O) groups is 1. The Morgan fingerprint density at radius 2 is 1.90 bits per heavy atom. The van der Waals surface area contributed by atoms with Crippen LogP contribution in [0.5, 0.6) is 5.75 Å². The van der Waals surface area contributed by atoms with Gasteiger partial charge in [-0.1, -0.05) is 29.8 Å². The number of nitrogens with zero attached hydrogens (tertiary/aromatic N) is 1. The minimum atomic E-state index is -4.02. The molecule has 0 heterocycles. The number of para-hydroxylation sites is 2. The molecule has 0 bridgehead atoms. The number of hydrogen-bond donors (Lipinski definition) is 1. The molecule has 0 aliphatic rings. The normalized spacial score (nSPS) is 11.6. The topological polar surface area (TPSA) is 75.7 Å². The molecule has 6 nitrogen and oxygen atoms in total. The van der Waals surface area contributed by atoms with Gasteiger partial charge < -0.3 is 10.1 Å². The van der Waals surface area contributed by atoms with Crippen LogP contribution in [0.15, 0.2) is 60.0 Å². The molecule has 1 amide bonds. The highest BCUT2D eigenvalue weighted by Gasteiger charge is 2.28. The Kier molecular flexibility index (Phi) is 6.97. The monoisotopic (exact) mass is 436 g/mol. The Morgan fingerprint density at radius 3 is 2.48 bits per heavy atom. The van der Waals surface area contributed by atoms with Gasteiger partial charge in [0.15, 0.2) is 0 Å². The fourth-order valence-electron chi connectivity index (χ4n) is 2.65. The van der Waals surface area contributed by atoms with Crippen molar-refractivity contribution in [3.05, 3.63) is 65.7 Å². The predicted octanol–water partition coefficient (Wildman–Crippen LogP) is 4.26. The Bertz CT molecular complexity index is 1010. The van der Waals surface area contributed by atoms with Crippen molar-refractivity contribution in [2.75, 3.05) is 18.0 Å². The molecular formula is C21H25ClN2O4S. The van der Waals surface area contributed by atoms with Gasteiger partial charge in [0, 0.05) is 5.54 Å². The SMILES string of the molecule is C=CCN(c1ccccc1OC)S(=O)(=O)c1ccc(Cl)c(C(=O)NC(C)(C)C)c1. The number of ether oxygens (including phenoxy) is 1. The highest BCUT2D eigenvalue weighted by Crippen LogP contribution is 2.33.